The first-order valence-electron chi connectivity index (χ1n) is 9.24. The Labute approximate surface area is 171 Å². The molecule has 4 nitrogen and oxygen atoms in total. The lowest BCUT2D eigenvalue weighted by Crippen LogP contribution is -2.30. The van der Waals surface area contributed by atoms with Gasteiger partial charge in [0, 0.05) is 17.4 Å². The monoisotopic (exact) mass is 444 g/mol. The maximum Gasteiger partial charge on any atom is 0.223 e. The van der Waals surface area contributed by atoms with Crippen molar-refractivity contribution in [1.82, 2.24) is 9.88 Å². The summed E-state index contributed by atoms with van der Waals surface area (Å²) in [6, 6.07) is 16.1. The van der Waals surface area contributed by atoms with E-state index in [4.69, 9.17) is 9.72 Å². The van der Waals surface area contributed by atoms with Crippen LogP contribution in [0.15, 0.2) is 53.0 Å². The molecule has 0 spiro atoms. The van der Waals surface area contributed by atoms with E-state index < -0.39 is 0 Å². The highest BCUT2D eigenvalue weighted by atomic mass is 79.9. The molecule has 4 rings (SSSR count). The lowest BCUT2D eigenvalue weighted by molar-refractivity contribution is -0.132. The second kappa shape index (κ2) is 8.40. The van der Waals surface area contributed by atoms with Gasteiger partial charge in [0.1, 0.15) is 10.8 Å². The number of amides is 1. The van der Waals surface area contributed by atoms with Crippen molar-refractivity contribution in [1.29, 1.82) is 0 Å². The molecule has 0 bridgehead atoms. The summed E-state index contributed by atoms with van der Waals surface area (Å²) in [7, 11) is 0. The lowest BCUT2D eigenvalue weighted by atomic mass is 10.2. The Hall–Kier alpha value is -1.92. The number of hydrogen-bond donors (Lipinski definition) is 0. The zero-order valence-electron chi connectivity index (χ0n) is 14.9. The number of halogens is 1. The fourth-order valence-corrected chi connectivity index (χ4v) is 4.96. The van der Waals surface area contributed by atoms with Crippen LogP contribution in [0.5, 0.6) is 5.75 Å². The van der Waals surface area contributed by atoms with Crippen LogP contribution in [-0.2, 0) is 4.79 Å². The number of carbonyl (C=O) groups is 1. The maximum atomic E-state index is 12.7. The fourth-order valence-electron chi connectivity index (χ4n) is 3.47. The van der Waals surface area contributed by atoms with E-state index in [-0.39, 0.29) is 11.9 Å². The van der Waals surface area contributed by atoms with Gasteiger partial charge in [-0.25, -0.2) is 4.98 Å². The van der Waals surface area contributed by atoms with E-state index in [9.17, 15) is 4.79 Å². The van der Waals surface area contributed by atoms with Crippen molar-refractivity contribution in [3.8, 4) is 5.75 Å². The third kappa shape index (κ3) is 4.33. The van der Waals surface area contributed by atoms with Gasteiger partial charge in [-0.1, -0.05) is 34.1 Å². The maximum absolute atomic E-state index is 12.7. The molecule has 0 saturated carbocycles. The first-order valence-corrected chi connectivity index (χ1v) is 10.8. The molecular weight excluding hydrogens is 424 g/mol. The van der Waals surface area contributed by atoms with Crippen LogP contribution in [-0.4, -0.2) is 28.9 Å². The number of para-hydroxylation sites is 1. The van der Waals surface area contributed by atoms with Gasteiger partial charge in [-0.3, -0.25) is 4.79 Å². The molecule has 0 aliphatic carbocycles. The highest BCUT2D eigenvalue weighted by Crippen LogP contribution is 2.36. The van der Waals surface area contributed by atoms with Gasteiger partial charge in [0.2, 0.25) is 5.91 Å². The van der Waals surface area contributed by atoms with Crippen LogP contribution >= 0.6 is 27.3 Å². The van der Waals surface area contributed by atoms with Gasteiger partial charge in [0.25, 0.3) is 0 Å². The molecule has 27 heavy (non-hydrogen) atoms. The number of hydrogen-bond acceptors (Lipinski definition) is 4. The summed E-state index contributed by atoms with van der Waals surface area (Å²) < 4.78 is 7.92. The minimum atomic E-state index is 0.126. The van der Waals surface area contributed by atoms with Gasteiger partial charge in [0.15, 0.2) is 0 Å². The topological polar surface area (TPSA) is 42.4 Å². The van der Waals surface area contributed by atoms with Gasteiger partial charge in [-0.05, 0) is 49.6 Å². The van der Waals surface area contributed by atoms with Gasteiger partial charge >= 0.3 is 0 Å². The predicted octanol–water partition coefficient (Wildman–Crippen LogP) is 5.58. The third-order valence-corrected chi connectivity index (χ3v) is 6.40. The van der Waals surface area contributed by atoms with E-state index in [1.54, 1.807) is 11.3 Å². The molecule has 2 aromatic carbocycles. The first-order chi connectivity index (χ1) is 13.2. The molecule has 2 heterocycles. The molecule has 140 valence electrons. The van der Waals surface area contributed by atoms with Gasteiger partial charge in [0.05, 0.1) is 22.9 Å². The summed E-state index contributed by atoms with van der Waals surface area (Å²) in [4.78, 5) is 19.5. The molecular formula is C21H21BrN2O2S. The average molecular weight is 445 g/mol. The second-order valence-corrected chi connectivity index (χ2v) is 8.65. The normalized spacial score (nSPS) is 16.8. The van der Waals surface area contributed by atoms with E-state index in [1.807, 2.05) is 47.4 Å². The van der Waals surface area contributed by atoms with Crippen molar-refractivity contribution < 1.29 is 9.53 Å². The van der Waals surface area contributed by atoms with Crippen molar-refractivity contribution in [2.45, 2.75) is 31.7 Å². The van der Waals surface area contributed by atoms with Crippen molar-refractivity contribution in [3.63, 3.8) is 0 Å². The lowest BCUT2D eigenvalue weighted by Gasteiger charge is -2.23. The van der Waals surface area contributed by atoms with Gasteiger partial charge in [-0.15, -0.1) is 11.3 Å². The molecule has 1 aromatic heterocycles. The van der Waals surface area contributed by atoms with Gasteiger partial charge < -0.3 is 9.64 Å². The van der Waals surface area contributed by atoms with E-state index >= 15 is 0 Å². The third-order valence-electron chi connectivity index (χ3n) is 4.77. The SMILES string of the molecule is O=C(CCCOc1cccc(Br)c1)N1CCCC1c1nc2ccccc2s1. The Bertz CT molecular complexity index is 910. The Morgan fingerprint density at radius 1 is 1.26 bits per heavy atom. The molecule has 6 heteroatoms. The Morgan fingerprint density at radius 2 is 2.15 bits per heavy atom. The largest absolute Gasteiger partial charge is 0.494 e. The zero-order valence-corrected chi connectivity index (χ0v) is 17.3. The number of fused-ring (bicyclic) bond motifs is 1. The van der Waals surface area contributed by atoms with E-state index in [0.29, 0.717) is 19.4 Å². The summed E-state index contributed by atoms with van der Waals surface area (Å²) in [5, 5.41) is 1.06. The molecule has 1 amide bonds. The second-order valence-electron chi connectivity index (χ2n) is 6.67. The molecule has 0 radical (unpaired) electrons. The number of aromatic nitrogens is 1. The molecule has 0 N–H and O–H groups in total. The molecule has 1 saturated heterocycles. The standard InChI is InChI=1S/C21H21BrN2O2S/c22-15-6-3-7-16(14-15)26-13-5-11-20(25)24-12-4-9-18(24)21-23-17-8-1-2-10-19(17)27-21/h1-3,6-8,10,14,18H,4-5,9,11-13H2. The highest BCUT2D eigenvalue weighted by Gasteiger charge is 2.31. The number of benzene rings is 2. The van der Waals surface area contributed by atoms with Crippen LogP contribution in [0.25, 0.3) is 10.2 Å². The first kappa shape index (κ1) is 18.4. The van der Waals surface area contributed by atoms with E-state index in [0.717, 1.165) is 40.1 Å². The van der Waals surface area contributed by atoms with Crippen LogP contribution < -0.4 is 4.74 Å². The van der Waals surface area contributed by atoms with Crippen molar-refractivity contribution >= 4 is 43.4 Å². The summed E-state index contributed by atoms with van der Waals surface area (Å²) in [5.41, 5.74) is 1.03. The zero-order chi connectivity index (χ0) is 18.6. The number of likely N-dealkylation sites (tertiary alicyclic amines) is 1. The minimum Gasteiger partial charge on any atom is -0.494 e. The molecule has 1 atom stereocenters. The van der Waals surface area contributed by atoms with Crippen LogP contribution in [0.3, 0.4) is 0 Å². The van der Waals surface area contributed by atoms with Gasteiger partial charge in [-0.2, -0.15) is 0 Å². The minimum absolute atomic E-state index is 0.126. The summed E-state index contributed by atoms with van der Waals surface area (Å²) >= 11 is 5.14. The van der Waals surface area contributed by atoms with Crippen LogP contribution in [0.2, 0.25) is 0 Å². The van der Waals surface area contributed by atoms with Crippen LogP contribution in [0.1, 0.15) is 36.7 Å². The molecule has 1 aliphatic heterocycles. The van der Waals surface area contributed by atoms with Crippen LogP contribution in [0.4, 0.5) is 0 Å². The fraction of sp³-hybridized carbons (Fsp3) is 0.333. The van der Waals surface area contributed by atoms with Crippen molar-refractivity contribution in [2.24, 2.45) is 0 Å². The molecule has 1 aliphatic rings. The predicted molar refractivity (Wildman–Crippen MR) is 112 cm³/mol. The van der Waals surface area contributed by atoms with E-state index in [1.165, 1.54) is 4.70 Å². The Morgan fingerprint density at radius 3 is 3.00 bits per heavy atom. The molecule has 1 fully saturated rings. The summed E-state index contributed by atoms with van der Waals surface area (Å²) in [5.74, 6) is 1.03. The smallest absolute Gasteiger partial charge is 0.223 e. The number of thiazole rings is 1. The van der Waals surface area contributed by atoms with Crippen molar-refractivity contribution in [2.75, 3.05) is 13.2 Å². The number of ether oxygens (including phenoxy) is 1. The van der Waals surface area contributed by atoms with Crippen LogP contribution in [0, 0.1) is 0 Å². The van der Waals surface area contributed by atoms with E-state index in [2.05, 4.69) is 22.0 Å². The highest BCUT2D eigenvalue weighted by molar-refractivity contribution is 9.10. The molecule has 3 aromatic rings. The Balaban J connectivity index is 1.33. The summed E-state index contributed by atoms with van der Waals surface area (Å²) in [6.45, 7) is 1.37. The molecule has 1 unspecified atom stereocenters. The van der Waals surface area contributed by atoms with Crippen molar-refractivity contribution in [3.05, 3.63) is 58.0 Å². The average Bonchev–Trinajstić information content (AvgIpc) is 3.31. The number of rotatable bonds is 6. The summed E-state index contributed by atoms with van der Waals surface area (Å²) in [6.07, 6.45) is 3.27. The number of carbonyl (C=O) groups excluding carboxylic acids is 1. The quantitative estimate of drug-likeness (QED) is 0.465. The Kier molecular flexibility index (Phi) is 5.74. The number of nitrogens with zero attached hydrogens (tertiary/aromatic N) is 2.